The molecule has 2 heteroatoms. The third kappa shape index (κ3) is 3.59. The van der Waals surface area contributed by atoms with Crippen molar-refractivity contribution in [3.05, 3.63) is 0 Å². The van der Waals surface area contributed by atoms with Gasteiger partial charge in [0.25, 0.3) is 0 Å². The highest BCUT2D eigenvalue weighted by atomic mass is 19.1. The molecule has 1 nitrogen and oxygen atoms in total. The largest absolute Gasteiger partial charge is 0.300 e. The molecule has 0 saturated heterocycles. The van der Waals surface area contributed by atoms with Crippen LogP contribution in [-0.2, 0) is 4.79 Å². The van der Waals surface area contributed by atoms with E-state index in [0.29, 0.717) is 6.29 Å². The van der Waals surface area contributed by atoms with Gasteiger partial charge in [-0.05, 0) is 12.3 Å². The molecule has 0 aromatic carbocycles. The molecule has 0 aromatic heterocycles. The second-order valence-electron chi connectivity index (χ2n) is 2.70. The standard InChI is InChI=1S/C8H15FO/c1-3-4-5-7(2)8(9)6-10/h6-8H,3-5H2,1-2H3/t7-,8-/m1/s1. The van der Waals surface area contributed by atoms with Gasteiger partial charge in [0.2, 0.25) is 0 Å². The number of hydrogen-bond donors (Lipinski definition) is 0. The van der Waals surface area contributed by atoms with E-state index < -0.39 is 6.17 Å². The average molecular weight is 146 g/mol. The quantitative estimate of drug-likeness (QED) is 0.544. The van der Waals surface area contributed by atoms with Gasteiger partial charge in [0, 0.05) is 0 Å². The first-order valence-corrected chi connectivity index (χ1v) is 3.81. The van der Waals surface area contributed by atoms with Crippen LogP contribution in [0.2, 0.25) is 0 Å². The molecule has 0 bridgehead atoms. The summed E-state index contributed by atoms with van der Waals surface area (Å²) in [4.78, 5) is 9.93. The second kappa shape index (κ2) is 5.39. The van der Waals surface area contributed by atoms with Crippen LogP contribution in [0.4, 0.5) is 4.39 Å². The summed E-state index contributed by atoms with van der Waals surface area (Å²) in [6, 6.07) is 0. The van der Waals surface area contributed by atoms with E-state index in [9.17, 15) is 9.18 Å². The van der Waals surface area contributed by atoms with Crippen molar-refractivity contribution in [2.45, 2.75) is 39.3 Å². The molecular formula is C8H15FO. The third-order valence-corrected chi connectivity index (χ3v) is 1.69. The van der Waals surface area contributed by atoms with E-state index in [1.807, 2.05) is 0 Å². The number of hydrogen-bond acceptors (Lipinski definition) is 1. The number of carbonyl (C=O) groups is 1. The van der Waals surface area contributed by atoms with Crippen LogP contribution in [0.1, 0.15) is 33.1 Å². The fraction of sp³-hybridized carbons (Fsp3) is 0.875. The van der Waals surface area contributed by atoms with Gasteiger partial charge in [-0.2, -0.15) is 0 Å². The topological polar surface area (TPSA) is 17.1 Å². The Balaban J connectivity index is 3.40. The van der Waals surface area contributed by atoms with Crippen LogP contribution in [0.15, 0.2) is 0 Å². The summed E-state index contributed by atoms with van der Waals surface area (Å²) in [6.07, 6.45) is 2.02. The normalized spacial score (nSPS) is 16.3. The molecule has 0 saturated carbocycles. The van der Waals surface area contributed by atoms with Gasteiger partial charge < -0.3 is 4.79 Å². The predicted molar refractivity (Wildman–Crippen MR) is 39.6 cm³/mol. The lowest BCUT2D eigenvalue weighted by Gasteiger charge is -2.09. The van der Waals surface area contributed by atoms with Crippen LogP contribution >= 0.6 is 0 Å². The monoisotopic (exact) mass is 146 g/mol. The number of aldehydes is 1. The lowest BCUT2D eigenvalue weighted by molar-refractivity contribution is -0.113. The summed E-state index contributed by atoms with van der Waals surface area (Å²) < 4.78 is 12.5. The highest BCUT2D eigenvalue weighted by Crippen LogP contribution is 2.12. The summed E-state index contributed by atoms with van der Waals surface area (Å²) in [6.45, 7) is 3.83. The van der Waals surface area contributed by atoms with Crippen molar-refractivity contribution in [2.24, 2.45) is 5.92 Å². The molecule has 0 heterocycles. The summed E-state index contributed by atoms with van der Waals surface area (Å²) in [5, 5.41) is 0. The molecule has 0 rings (SSSR count). The van der Waals surface area contributed by atoms with E-state index >= 15 is 0 Å². The number of carbonyl (C=O) groups excluding carboxylic acids is 1. The fourth-order valence-corrected chi connectivity index (χ4v) is 0.819. The van der Waals surface area contributed by atoms with Crippen molar-refractivity contribution in [3.63, 3.8) is 0 Å². The maximum Gasteiger partial charge on any atom is 0.158 e. The van der Waals surface area contributed by atoms with Crippen molar-refractivity contribution in [1.29, 1.82) is 0 Å². The van der Waals surface area contributed by atoms with Crippen LogP contribution in [0.25, 0.3) is 0 Å². The zero-order chi connectivity index (χ0) is 7.98. The highest BCUT2D eigenvalue weighted by molar-refractivity contribution is 5.56. The molecule has 0 radical (unpaired) electrons. The van der Waals surface area contributed by atoms with Gasteiger partial charge in [-0.1, -0.05) is 26.7 Å². The first kappa shape index (κ1) is 9.60. The van der Waals surface area contributed by atoms with E-state index in [2.05, 4.69) is 6.92 Å². The van der Waals surface area contributed by atoms with Gasteiger partial charge in [-0.15, -0.1) is 0 Å². The van der Waals surface area contributed by atoms with E-state index in [0.717, 1.165) is 19.3 Å². The smallest absolute Gasteiger partial charge is 0.158 e. The average Bonchev–Trinajstić information content (AvgIpc) is 1.98. The summed E-state index contributed by atoms with van der Waals surface area (Å²) in [5.74, 6) is -0.0996. The molecule has 60 valence electrons. The Bertz CT molecular complexity index is 93.3. The zero-order valence-corrected chi connectivity index (χ0v) is 6.64. The Morgan fingerprint density at radius 3 is 2.60 bits per heavy atom. The van der Waals surface area contributed by atoms with Crippen LogP contribution in [0.5, 0.6) is 0 Å². The van der Waals surface area contributed by atoms with Crippen LogP contribution < -0.4 is 0 Å². The van der Waals surface area contributed by atoms with E-state index in [-0.39, 0.29) is 5.92 Å². The molecule has 0 amide bonds. The Labute approximate surface area is 61.6 Å². The second-order valence-corrected chi connectivity index (χ2v) is 2.70. The minimum Gasteiger partial charge on any atom is -0.300 e. The lowest BCUT2D eigenvalue weighted by atomic mass is 10.0. The summed E-state index contributed by atoms with van der Waals surface area (Å²) in [7, 11) is 0. The Morgan fingerprint density at radius 1 is 1.60 bits per heavy atom. The Morgan fingerprint density at radius 2 is 2.20 bits per heavy atom. The van der Waals surface area contributed by atoms with Crippen molar-refractivity contribution in [2.75, 3.05) is 0 Å². The van der Waals surface area contributed by atoms with Gasteiger partial charge in [0.1, 0.15) is 0 Å². The van der Waals surface area contributed by atoms with Gasteiger partial charge in [0.05, 0.1) is 0 Å². The van der Waals surface area contributed by atoms with Gasteiger partial charge >= 0.3 is 0 Å². The Hall–Kier alpha value is -0.400. The first-order valence-electron chi connectivity index (χ1n) is 3.81. The lowest BCUT2D eigenvalue weighted by Crippen LogP contribution is -2.13. The van der Waals surface area contributed by atoms with E-state index in [4.69, 9.17) is 0 Å². The number of unbranched alkanes of at least 4 members (excludes halogenated alkanes) is 1. The van der Waals surface area contributed by atoms with E-state index in [1.165, 1.54) is 0 Å². The van der Waals surface area contributed by atoms with Crippen molar-refractivity contribution >= 4 is 6.29 Å². The molecule has 0 N–H and O–H groups in total. The summed E-state index contributed by atoms with van der Waals surface area (Å²) >= 11 is 0. The molecule has 0 aliphatic rings. The SMILES string of the molecule is CCCC[C@@H](C)[C@H](F)C=O. The third-order valence-electron chi connectivity index (χ3n) is 1.69. The zero-order valence-electron chi connectivity index (χ0n) is 6.64. The van der Waals surface area contributed by atoms with Gasteiger partial charge in [-0.25, -0.2) is 4.39 Å². The molecule has 10 heavy (non-hydrogen) atoms. The maximum absolute atomic E-state index is 12.5. The van der Waals surface area contributed by atoms with Crippen molar-refractivity contribution < 1.29 is 9.18 Å². The van der Waals surface area contributed by atoms with Gasteiger partial charge in [-0.3, -0.25) is 0 Å². The minimum atomic E-state index is -1.26. The molecule has 0 aliphatic carbocycles. The van der Waals surface area contributed by atoms with Crippen molar-refractivity contribution in [1.82, 2.24) is 0 Å². The minimum absolute atomic E-state index is 0.0996. The van der Waals surface area contributed by atoms with Crippen LogP contribution in [0, 0.1) is 5.92 Å². The first-order chi connectivity index (χ1) is 4.72. The number of rotatable bonds is 5. The summed E-state index contributed by atoms with van der Waals surface area (Å²) in [5.41, 5.74) is 0. The van der Waals surface area contributed by atoms with E-state index in [1.54, 1.807) is 6.92 Å². The molecule has 0 unspecified atom stereocenters. The number of halogens is 1. The van der Waals surface area contributed by atoms with Gasteiger partial charge in [0.15, 0.2) is 12.5 Å². The van der Waals surface area contributed by atoms with Crippen molar-refractivity contribution in [3.8, 4) is 0 Å². The molecule has 0 fully saturated rings. The Kier molecular flexibility index (Phi) is 5.17. The molecule has 0 aromatic rings. The number of alkyl halides is 1. The predicted octanol–water partition coefficient (Wildman–Crippen LogP) is 2.35. The molecule has 0 aliphatic heterocycles. The molecule has 0 spiro atoms. The van der Waals surface area contributed by atoms with Crippen LogP contribution in [0.3, 0.4) is 0 Å². The molecular weight excluding hydrogens is 131 g/mol. The molecule has 2 atom stereocenters. The van der Waals surface area contributed by atoms with Crippen LogP contribution in [-0.4, -0.2) is 12.5 Å². The highest BCUT2D eigenvalue weighted by Gasteiger charge is 2.13. The maximum atomic E-state index is 12.5. The fourth-order valence-electron chi connectivity index (χ4n) is 0.819.